The molecule has 3 N–H and O–H groups in total. The van der Waals surface area contributed by atoms with E-state index in [0.717, 1.165) is 17.0 Å². The molecule has 0 saturated carbocycles. The zero-order chi connectivity index (χ0) is 24.0. The maximum absolute atomic E-state index is 13.3. The number of ether oxygens (including phenoxy) is 2. The molecule has 2 amide bonds. The fraction of sp³-hybridized carbons (Fsp3) is 0.333. The van der Waals surface area contributed by atoms with Crippen molar-refractivity contribution in [3.05, 3.63) is 59.9 Å². The van der Waals surface area contributed by atoms with Crippen LogP contribution >= 0.6 is 0 Å². The number of rotatable bonds is 7. The van der Waals surface area contributed by atoms with Gasteiger partial charge in [-0.15, -0.1) is 0 Å². The number of piperidine rings is 1. The molecule has 0 bridgehead atoms. The Bertz CT molecular complexity index is 1080. The number of methoxy groups -OCH3 is 1. The molecule has 2 aromatic rings. The van der Waals surface area contributed by atoms with Crippen LogP contribution in [0, 0.1) is 5.82 Å². The molecule has 178 valence electrons. The lowest BCUT2D eigenvalue weighted by molar-refractivity contribution is -0.134. The molecule has 1 saturated heterocycles. The quantitative estimate of drug-likeness (QED) is 0.405. The normalized spacial score (nSPS) is 18.9. The molecule has 1 fully saturated rings. The number of carbonyl (C=O) groups is 2. The van der Waals surface area contributed by atoms with Gasteiger partial charge in [-0.25, -0.2) is 23.1 Å². The van der Waals surface area contributed by atoms with Gasteiger partial charge in [-0.3, -0.25) is 10.0 Å². The minimum Gasteiger partial charge on any atom is -0.489 e. The monoisotopic (exact) mass is 481 g/mol. The highest BCUT2D eigenvalue weighted by atomic mass is 32.2. The van der Waals surface area contributed by atoms with Gasteiger partial charge in [0.2, 0.25) is 10.0 Å². The van der Waals surface area contributed by atoms with E-state index in [-0.39, 0.29) is 23.9 Å². The standard InChI is InChI=1S/C21H24FN3O7S/c1-31-21(27)23-18-3-2-12-25(19(18)20(26)24-28)33(29,30)17-10-8-16(9-11-17)32-13-14-4-6-15(22)7-5-14/h4-11,18-19,28H,2-3,12-13H2,1H3,(H,23,27)(H,24,26)/t18-,19+/m0/s1. The number of nitrogens with one attached hydrogen (secondary N) is 2. The molecule has 2 aromatic carbocycles. The minimum absolute atomic E-state index is 0.0165. The summed E-state index contributed by atoms with van der Waals surface area (Å²) in [5, 5.41) is 11.6. The fourth-order valence-electron chi connectivity index (χ4n) is 3.57. The Morgan fingerprint density at radius 3 is 2.42 bits per heavy atom. The smallest absolute Gasteiger partial charge is 0.407 e. The number of amides is 2. The highest BCUT2D eigenvalue weighted by molar-refractivity contribution is 7.89. The zero-order valence-electron chi connectivity index (χ0n) is 17.7. The Kier molecular flexibility index (Phi) is 7.84. The van der Waals surface area contributed by atoms with E-state index in [9.17, 15) is 22.4 Å². The van der Waals surface area contributed by atoms with Crippen molar-refractivity contribution in [2.75, 3.05) is 13.7 Å². The van der Waals surface area contributed by atoms with Gasteiger partial charge in [0.25, 0.3) is 5.91 Å². The number of nitrogens with zero attached hydrogens (tertiary/aromatic N) is 1. The lowest BCUT2D eigenvalue weighted by Gasteiger charge is -2.38. The molecule has 0 unspecified atom stereocenters. The molecule has 0 aliphatic carbocycles. The summed E-state index contributed by atoms with van der Waals surface area (Å²) in [6.45, 7) is 0.181. The molecular weight excluding hydrogens is 457 g/mol. The summed E-state index contributed by atoms with van der Waals surface area (Å²) in [6, 6.07) is 9.11. The van der Waals surface area contributed by atoms with Crippen molar-refractivity contribution >= 4 is 22.0 Å². The van der Waals surface area contributed by atoms with Gasteiger partial charge < -0.3 is 14.8 Å². The molecule has 0 aromatic heterocycles. The third kappa shape index (κ3) is 5.78. The van der Waals surface area contributed by atoms with E-state index in [4.69, 9.17) is 9.94 Å². The number of hydrogen-bond acceptors (Lipinski definition) is 7. The third-order valence-corrected chi connectivity index (χ3v) is 7.10. The molecule has 1 heterocycles. The zero-order valence-corrected chi connectivity index (χ0v) is 18.5. The summed E-state index contributed by atoms with van der Waals surface area (Å²) in [4.78, 5) is 23.9. The Labute approximate surface area is 190 Å². The fourth-order valence-corrected chi connectivity index (χ4v) is 5.23. The van der Waals surface area contributed by atoms with Crippen LogP contribution in [0.25, 0.3) is 0 Å². The average Bonchev–Trinajstić information content (AvgIpc) is 2.83. The Hall–Kier alpha value is -3.22. The number of benzene rings is 2. The highest BCUT2D eigenvalue weighted by Crippen LogP contribution is 2.27. The van der Waals surface area contributed by atoms with E-state index in [1.807, 2.05) is 0 Å². The Morgan fingerprint density at radius 1 is 1.15 bits per heavy atom. The van der Waals surface area contributed by atoms with Crippen LogP contribution in [0.1, 0.15) is 18.4 Å². The maximum Gasteiger partial charge on any atom is 0.407 e. The summed E-state index contributed by atoms with van der Waals surface area (Å²) >= 11 is 0. The van der Waals surface area contributed by atoms with Gasteiger partial charge in [-0.05, 0) is 54.8 Å². The van der Waals surface area contributed by atoms with E-state index >= 15 is 0 Å². The van der Waals surface area contributed by atoms with Crippen molar-refractivity contribution in [2.24, 2.45) is 0 Å². The molecule has 0 radical (unpaired) electrons. The first-order valence-electron chi connectivity index (χ1n) is 10.0. The lowest BCUT2D eigenvalue weighted by atomic mass is 9.98. The maximum atomic E-state index is 13.3. The highest BCUT2D eigenvalue weighted by Gasteiger charge is 2.44. The molecular formula is C21H24FN3O7S. The number of alkyl carbamates (subject to hydrolysis) is 1. The topological polar surface area (TPSA) is 134 Å². The molecule has 33 heavy (non-hydrogen) atoms. The summed E-state index contributed by atoms with van der Waals surface area (Å²) in [6.07, 6.45) is -0.130. The number of sulfonamides is 1. The van der Waals surface area contributed by atoms with Crippen LogP contribution < -0.4 is 15.5 Å². The third-order valence-electron chi connectivity index (χ3n) is 5.20. The average molecular weight is 482 g/mol. The number of halogens is 1. The molecule has 2 atom stereocenters. The van der Waals surface area contributed by atoms with E-state index in [1.165, 1.54) is 41.9 Å². The van der Waals surface area contributed by atoms with Gasteiger partial charge in [0, 0.05) is 6.54 Å². The number of hydroxylamine groups is 1. The predicted octanol–water partition coefficient (Wildman–Crippen LogP) is 1.79. The van der Waals surface area contributed by atoms with Crippen LogP contribution in [-0.2, 0) is 26.2 Å². The first-order valence-corrected chi connectivity index (χ1v) is 11.5. The molecule has 1 aliphatic rings. The van der Waals surface area contributed by atoms with Crippen LogP contribution in [-0.4, -0.2) is 55.7 Å². The van der Waals surface area contributed by atoms with Crippen LogP contribution in [0.15, 0.2) is 53.4 Å². The van der Waals surface area contributed by atoms with Crippen LogP contribution in [0.4, 0.5) is 9.18 Å². The van der Waals surface area contributed by atoms with Crippen molar-refractivity contribution in [3.8, 4) is 5.75 Å². The van der Waals surface area contributed by atoms with E-state index < -0.39 is 34.1 Å². The van der Waals surface area contributed by atoms with Crippen LogP contribution in [0.3, 0.4) is 0 Å². The largest absolute Gasteiger partial charge is 0.489 e. The van der Waals surface area contributed by atoms with Gasteiger partial charge in [0.15, 0.2) is 0 Å². The van der Waals surface area contributed by atoms with Crippen LogP contribution in [0.2, 0.25) is 0 Å². The summed E-state index contributed by atoms with van der Waals surface area (Å²) in [5.74, 6) is -0.936. The molecule has 0 spiro atoms. The van der Waals surface area contributed by atoms with Crippen molar-refractivity contribution in [3.63, 3.8) is 0 Å². The second-order valence-electron chi connectivity index (χ2n) is 7.31. The summed E-state index contributed by atoms with van der Waals surface area (Å²) < 4.78 is 50.7. The van der Waals surface area contributed by atoms with Gasteiger partial charge in [-0.2, -0.15) is 4.31 Å². The lowest BCUT2D eigenvalue weighted by Crippen LogP contribution is -2.62. The summed E-state index contributed by atoms with van der Waals surface area (Å²) in [5.41, 5.74) is 2.21. The SMILES string of the molecule is COC(=O)N[C@H]1CCCN(S(=O)(=O)c2ccc(OCc3ccc(F)cc3)cc2)[C@H]1C(=O)NO. The van der Waals surface area contributed by atoms with E-state index in [0.29, 0.717) is 18.6 Å². The second kappa shape index (κ2) is 10.6. The van der Waals surface area contributed by atoms with Crippen LogP contribution in [0.5, 0.6) is 5.75 Å². The first-order chi connectivity index (χ1) is 15.8. The Balaban J connectivity index is 1.78. The second-order valence-corrected chi connectivity index (χ2v) is 9.20. The molecule has 1 aliphatic heterocycles. The number of hydrogen-bond donors (Lipinski definition) is 3. The molecule has 3 rings (SSSR count). The first kappa shape index (κ1) is 24.4. The predicted molar refractivity (Wildman–Crippen MR) is 113 cm³/mol. The number of carbonyl (C=O) groups excluding carboxylic acids is 2. The van der Waals surface area contributed by atoms with Crippen molar-refractivity contribution in [1.29, 1.82) is 0 Å². The van der Waals surface area contributed by atoms with Crippen molar-refractivity contribution in [1.82, 2.24) is 15.1 Å². The minimum atomic E-state index is -4.16. The Morgan fingerprint density at radius 2 is 1.82 bits per heavy atom. The molecule has 12 heteroatoms. The van der Waals surface area contributed by atoms with E-state index in [2.05, 4.69) is 10.1 Å². The summed E-state index contributed by atoms with van der Waals surface area (Å²) in [7, 11) is -3.01. The van der Waals surface area contributed by atoms with Crippen molar-refractivity contribution < 1.29 is 37.1 Å². The van der Waals surface area contributed by atoms with Crippen molar-refractivity contribution in [2.45, 2.75) is 36.4 Å². The molecule has 10 nitrogen and oxygen atoms in total. The van der Waals surface area contributed by atoms with Gasteiger partial charge >= 0.3 is 6.09 Å². The van der Waals surface area contributed by atoms with Gasteiger partial charge in [-0.1, -0.05) is 12.1 Å². The van der Waals surface area contributed by atoms with E-state index in [1.54, 1.807) is 12.1 Å². The van der Waals surface area contributed by atoms with Gasteiger partial charge in [0.1, 0.15) is 24.2 Å². The van der Waals surface area contributed by atoms with Gasteiger partial charge in [0.05, 0.1) is 18.0 Å².